The van der Waals surface area contributed by atoms with Gasteiger partial charge in [0.05, 0.1) is 28.7 Å². The number of aliphatic hydroxyl groups excluding tert-OH is 1. The van der Waals surface area contributed by atoms with E-state index in [1.54, 1.807) is 18.5 Å². The molecule has 1 unspecified atom stereocenters. The molecule has 1 aromatic heterocycles. The van der Waals surface area contributed by atoms with Crippen LogP contribution in [-0.2, 0) is 4.79 Å². The van der Waals surface area contributed by atoms with Gasteiger partial charge in [0.25, 0.3) is 11.7 Å². The topological polar surface area (TPSA) is 84.2 Å². The molecule has 0 spiro atoms. The van der Waals surface area contributed by atoms with Crippen molar-refractivity contribution in [1.82, 2.24) is 15.1 Å². The van der Waals surface area contributed by atoms with E-state index in [2.05, 4.69) is 10.4 Å². The van der Waals surface area contributed by atoms with Crippen LogP contribution in [0.25, 0.3) is 5.69 Å². The van der Waals surface area contributed by atoms with Crippen LogP contribution in [0.1, 0.15) is 41.5 Å². The summed E-state index contributed by atoms with van der Waals surface area (Å²) in [6.45, 7) is 5.62. The van der Waals surface area contributed by atoms with E-state index in [0.717, 1.165) is 5.69 Å². The van der Waals surface area contributed by atoms with Crippen LogP contribution in [0, 0.1) is 13.8 Å². The van der Waals surface area contributed by atoms with Crippen LogP contribution in [0.15, 0.2) is 30.3 Å². The first-order chi connectivity index (χ1) is 11.5. The molecule has 1 heterocycles. The maximum absolute atomic E-state index is 12.4. The van der Waals surface area contributed by atoms with Crippen molar-refractivity contribution in [3.63, 3.8) is 0 Å². The monoisotopic (exact) mass is 329 g/mol. The number of ketones is 1. The SMILES string of the molecule is CCC(O)CCNC(=O)C(=O)c1c(C)nn(-c2ccccc2)c1C. The number of hydrogen-bond acceptors (Lipinski definition) is 4. The molecule has 0 bridgehead atoms. The Bertz CT molecular complexity index is 723. The van der Waals surface area contributed by atoms with Crippen molar-refractivity contribution in [3.05, 3.63) is 47.3 Å². The molecule has 0 radical (unpaired) electrons. The summed E-state index contributed by atoms with van der Waals surface area (Å²) in [6.07, 6.45) is 0.576. The lowest BCUT2D eigenvalue weighted by Crippen LogP contribution is -2.33. The smallest absolute Gasteiger partial charge is 0.292 e. The first-order valence-electron chi connectivity index (χ1n) is 8.08. The second-order valence-corrected chi connectivity index (χ2v) is 5.73. The van der Waals surface area contributed by atoms with Crippen LogP contribution in [0.2, 0.25) is 0 Å². The summed E-state index contributed by atoms with van der Waals surface area (Å²) in [5.41, 5.74) is 2.31. The summed E-state index contributed by atoms with van der Waals surface area (Å²) >= 11 is 0. The second kappa shape index (κ2) is 7.88. The van der Waals surface area contributed by atoms with Gasteiger partial charge in [0.2, 0.25) is 0 Å². The van der Waals surface area contributed by atoms with E-state index in [-0.39, 0.29) is 6.54 Å². The third-order valence-corrected chi connectivity index (χ3v) is 3.96. The third kappa shape index (κ3) is 3.89. The number of nitrogens with zero attached hydrogens (tertiary/aromatic N) is 2. The molecule has 0 aliphatic carbocycles. The van der Waals surface area contributed by atoms with Crippen molar-refractivity contribution in [2.75, 3.05) is 6.54 Å². The summed E-state index contributed by atoms with van der Waals surface area (Å²) in [5.74, 6) is -1.27. The Morgan fingerprint density at radius 3 is 2.54 bits per heavy atom. The summed E-state index contributed by atoms with van der Waals surface area (Å²) in [7, 11) is 0. The molecule has 24 heavy (non-hydrogen) atoms. The first kappa shape index (κ1) is 17.9. The van der Waals surface area contributed by atoms with E-state index in [4.69, 9.17) is 0 Å². The van der Waals surface area contributed by atoms with Crippen molar-refractivity contribution in [3.8, 4) is 5.69 Å². The minimum Gasteiger partial charge on any atom is -0.393 e. The van der Waals surface area contributed by atoms with Crippen LogP contribution in [0.3, 0.4) is 0 Å². The fraction of sp³-hybridized carbons (Fsp3) is 0.389. The van der Waals surface area contributed by atoms with Gasteiger partial charge in [0, 0.05) is 6.54 Å². The van der Waals surface area contributed by atoms with E-state index < -0.39 is 17.8 Å². The highest BCUT2D eigenvalue weighted by Crippen LogP contribution is 2.18. The first-order valence-corrected chi connectivity index (χ1v) is 8.08. The molecule has 2 rings (SSSR count). The molecule has 6 nitrogen and oxygen atoms in total. The number of nitrogens with one attached hydrogen (secondary N) is 1. The minimum atomic E-state index is -0.669. The maximum atomic E-state index is 12.4. The molecular formula is C18H23N3O3. The molecular weight excluding hydrogens is 306 g/mol. The largest absolute Gasteiger partial charge is 0.393 e. The Kier molecular flexibility index (Phi) is 5.87. The van der Waals surface area contributed by atoms with Crippen molar-refractivity contribution >= 4 is 11.7 Å². The molecule has 0 saturated heterocycles. The molecule has 2 aromatic rings. The standard InChI is InChI=1S/C18H23N3O3/c1-4-15(22)10-11-19-18(24)17(23)16-12(2)20-21(13(16)3)14-8-6-5-7-9-14/h5-9,15,22H,4,10-11H2,1-3H3,(H,19,24). The number of hydrogen-bond donors (Lipinski definition) is 2. The molecule has 1 atom stereocenters. The number of carbonyl (C=O) groups excluding carboxylic acids is 2. The Morgan fingerprint density at radius 2 is 1.92 bits per heavy atom. The Morgan fingerprint density at radius 1 is 1.25 bits per heavy atom. The highest BCUT2D eigenvalue weighted by molar-refractivity contribution is 6.43. The van der Waals surface area contributed by atoms with Gasteiger partial charge in [-0.25, -0.2) is 4.68 Å². The van der Waals surface area contributed by atoms with Crippen LogP contribution in [0.5, 0.6) is 0 Å². The van der Waals surface area contributed by atoms with Gasteiger partial charge < -0.3 is 10.4 Å². The maximum Gasteiger partial charge on any atom is 0.292 e. The average molecular weight is 329 g/mol. The second-order valence-electron chi connectivity index (χ2n) is 5.73. The predicted molar refractivity (Wildman–Crippen MR) is 91.3 cm³/mol. The molecule has 0 fully saturated rings. The van der Waals surface area contributed by atoms with Gasteiger partial charge >= 0.3 is 0 Å². The number of aromatic nitrogens is 2. The van der Waals surface area contributed by atoms with E-state index in [9.17, 15) is 14.7 Å². The zero-order chi connectivity index (χ0) is 17.7. The van der Waals surface area contributed by atoms with Gasteiger partial charge in [-0.3, -0.25) is 9.59 Å². The van der Waals surface area contributed by atoms with Gasteiger partial charge in [0.1, 0.15) is 0 Å². The molecule has 0 saturated carbocycles. The summed E-state index contributed by atoms with van der Waals surface area (Å²) in [5, 5.41) is 16.4. The molecule has 1 aromatic carbocycles. The lowest BCUT2D eigenvalue weighted by molar-refractivity contribution is -0.117. The van der Waals surface area contributed by atoms with Gasteiger partial charge in [-0.2, -0.15) is 5.10 Å². The van der Waals surface area contributed by atoms with Gasteiger partial charge in [-0.15, -0.1) is 0 Å². The highest BCUT2D eigenvalue weighted by atomic mass is 16.3. The average Bonchev–Trinajstić information content (AvgIpc) is 2.89. The Balaban J connectivity index is 2.15. The van der Waals surface area contributed by atoms with E-state index in [1.165, 1.54) is 0 Å². The molecule has 0 aliphatic heterocycles. The summed E-state index contributed by atoms with van der Waals surface area (Å²) in [6, 6.07) is 9.46. The molecule has 2 N–H and O–H groups in total. The zero-order valence-corrected chi connectivity index (χ0v) is 14.2. The predicted octanol–water partition coefficient (Wildman–Crippen LogP) is 1.95. The van der Waals surface area contributed by atoms with E-state index in [0.29, 0.717) is 29.8 Å². The fourth-order valence-electron chi connectivity index (χ4n) is 2.54. The highest BCUT2D eigenvalue weighted by Gasteiger charge is 2.24. The number of benzene rings is 1. The number of rotatable bonds is 7. The molecule has 128 valence electrons. The number of amides is 1. The van der Waals surface area contributed by atoms with Crippen LogP contribution < -0.4 is 5.32 Å². The van der Waals surface area contributed by atoms with Gasteiger partial charge in [-0.05, 0) is 38.8 Å². The number of Topliss-reactive ketones (excluding diaryl/α,β-unsaturated/α-hetero) is 1. The number of carbonyl (C=O) groups is 2. The van der Waals surface area contributed by atoms with Crippen molar-refractivity contribution < 1.29 is 14.7 Å². The lowest BCUT2D eigenvalue weighted by atomic mass is 10.1. The van der Waals surface area contributed by atoms with Crippen molar-refractivity contribution in [2.45, 2.75) is 39.7 Å². The summed E-state index contributed by atoms with van der Waals surface area (Å²) in [4.78, 5) is 24.5. The molecule has 1 amide bonds. The Labute approximate surface area is 141 Å². The van der Waals surface area contributed by atoms with Crippen molar-refractivity contribution in [1.29, 1.82) is 0 Å². The normalized spacial score (nSPS) is 12.0. The van der Waals surface area contributed by atoms with E-state index >= 15 is 0 Å². The summed E-state index contributed by atoms with van der Waals surface area (Å²) < 4.78 is 1.66. The van der Waals surface area contributed by atoms with Crippen LogP contribution in [0.4, 0.5) is 0 Å². The van der Waals surface area contributed by atoms with Gasteiger partial charge in [-0.1, -0.05) is 25.1 Å². The van der Waals surface area contributed by atoms with Crippen molar-refractivity contribution in [2.24, 2.45) is 0 Å². The Hall–Kier alpha value is -2.47. The lowest BCUT2D eigenvalue weighted by Gasteiger charge is -2.08. The fourth-order valence-corrected chi connectivity index (χ4v) is 2.54. The molecule has 0 aliphatic rings. The number of aliphatic hydroxyl groups is 1. The van der Waals surface area contributed by atoms with E-state index in [1.807, 2.05) is 37.3 Å². The van der Waals surface area contributed by atoms with Crippen LogP contribution in [-0.4, -0.2) is 39.2 Å². The third-order valence-electron chi connectivity index (χ3n) is 3.96. The van der Waals surface area contributed by atoms with Gasteiger partial charge in [0.15, 0.2) is 0 Å². The zero-order valence-electron chi connectivity index (χ0n) is 14.2. The number of para-hydroxylation sites is 1. The molecule has 6 heteroatoms. The quantitative estimate of drug-likeness (QED) is 0.601. The minimum absolute atomic E-state index is 0.268. The van der Waals surface area contributed by atoms with Crippen LogP contribution >= 0.6 is 0 Å². The number of aryl methyl sites for hydroxylation is 1.